The van der Waals surface area contributed by atoms with Gasteiger partial charge in [-0.25, -0.2) is 0 Å². The van der Waals surface area contributed by atoms with Crippen LogP contribution in [0.5, 0.6) is 0 Å². The summed E-state index contributed by atoms with van der Waals surface area (Å²) in [5.41, 5.74) is 14.6. The summed E-state index contributed by atoms with van der Waals surface area (Å²) in [5.74, 6) is 0. The Morgan fingerprint density at radius 3 is 1.18 bits per heavy atom. The molecule has 15 aromatic rings. The molecule has 74 heavy (non-hydrogen) atoms. The van der Waals surface area contributed by atoms with Crippen LogP contribution in [0.25, 0.3) is 109 Å². The summed E-state index contributed by atoms with van der Waals surface area (Å²) < 4.78 is 12.7. The van der Waals surface area contributed by atoms with E-state index in [2.05, 4.69) is 252 Å². The second kappa shape index (κ2) is 16.9. The number of hydrogen-bond acceptors (Lipinski definition) is 4. The van der Waals surface area contributed by atoms with Crippen molar-refractivity contribution in [3.05, 3.63) is 267 Å². The van der Waals surface area contributed by atoms with Gasteiger partial charge in [-0.1, -0.05) is 182 Å². The molecular weight excluding hydrogens is 901 g/mol. The number of nitrogens with zero attached hydrogens (tertiary/aromatic N) is 2. The van der Waals surface area contributed by atoms with Crippen molar-refractivity contribution in [3.63, 3.8) is 0 Å². The first-order chi connectivity index (χ1) is 36.7. The molecule has 4 heteroatoms. The molecule has 0 aliphatic rings. The molecule has 0 atom stereocenters. The molecule has 0 unspecified atom stereocenters. The fraction of sp³-hybridized carbons (Fsp3) is 0. The molecule has 0 saturated heterocycles. The minimum atomic E-state index is 0.871. The maximum Gasteiger partial charge on any atom is 0.135 e. The Morgan fingerprint density at radius 2 is 0.608 bits per heavy atom. The molecule has 13 aromatic carbocycles. The van der Waals surface area contributed by atoms with E-state index in [0.29, 0.717) is 0 Å². The predicted molar refractivity (Wildman–Crippen MR) is 311 cm³/mol. The predicted octanol–water partition coefficient (Wildman–Crippen LogP) is 20.4. The first kappa shape index (κ1) is 41.8. The van der Waals surface area contributed by atoms with Crippen LogP contribution in [-0.2, 0) is 0 Å². The summed E-state index contributed by atoms with van der Waals surface area (Å²) in [6.07, 6.45) is 0. The van der Waals surface area contributed by atoms with E-state index in [0.717, 1.165) is 100 Å². The molecule has 15 rings (SSSR count). The summed E-state index contributed by atoms with van der Waals surface area (Å²) in [6.45, 7) is 0. The van der Waals surface area contributed by atoms with Gasteiger partial charge in [0.25, 0.3) is 0 Å². The first-order valence-electron chi connectivity index (χ1n) is 25.2. The fourth-order valence-corrected chi connectivity index (χ4v) is 11.7. The number of benzene rings is 13. The Hall–Kier alpha value is -9.90. The monoisotopic (exact) mass is 944 g/mol. The van der Waals surface area contributed by atoms with Crippen molar-refractivity contribution in [1.29, 1.82) is 0 Å². The number of rotatable bonds is 8. The third kappa shape index (κ3) is 6.69. The highest BCUT2D eigenvalue weighted by atomic mass is 16.3. The molecule has 0 amide bonds. The minimum absolute atomic E-state index is 0.871. The molecule has 0 N–H and O–H groups in total. The summed E-state index contributed by atoms with van der Waals surface area (Å²) in [4.78, 5) is 4.82. The quantitative estimate of drug-likeness (QED) is 0.142. The van der Waals surface area contributed by atoms with Crippen LogP contribution in [0.1, 0.15) is 0 Å². The highest BCUT2D eigenvalue weighted by Gasteiger charge is 2.23. The molecule has 0 radical (unpaired) electrons. The van der Waals surface area contributed by atoms with Crippen LogP contribution in [0.4, 0.5) is 34.1 Å². The van der Waals surface area contributed by atoms with Crippen molar-refractivity contribution < 1.29 is 8.83 Å². The Bertz CT molecular complexity index is 4660. The second-order valence-electron chi connectivity index (χ2n) is 19.2. The highest BCUT2D eigenvalue weighted by molar-refractivity contribution is 6.32. The van der Waals surface area contributed by atoms with E-state index >= 15 is 0 Å². The summed E-state index contributed by atoms with van der Waals surface area (Å²) in [5, 5.41) is 14.1. The summed E-state index contributed by atoms with van der Waals surface area (Å²) in [7, 11) is 0. The van der Waals surface area contributed by atoms with Gasteiger partial charge in [0.2, 0.25) is 0 Å². The van der Waals surface area contributed by atoms with Gasteiger partial charge in [-0.2, -0.15) is 0 Å². The lowest BCUT2D eigenvalue weighted by atomic mass is 9.90. The summed E-state index contributed by atoms with van der Waals surface area (Å²) >= 11 is 0. The third-order valence-electron chi connectivity index (χ3n) is 15.0. The van der Waals surface area contributed by atoms with Crippen LogP contribution < -0.4 is 9.80 Å². The van der Waals surface area contributed by atoms with Crippen molar-refractivity contribution in [2.24, 2.45) is 0 Å². The standard InChI is InChI=1S/C70H44N2O2/c1-3-17-45(18-4-1)52-21-9-13-27-64(52)71(50-34-39-68-62(43-50)57-24-11-15-29-66(57)73-68)48-32-37-54-47(41-48)31-36-60-56-38-33-49(42-61(56)55-23-7-8-26-59(55)70(54)60)72(65-28-14-10-22-53(65)46-19-5-2-6-20-46)51-35-40-69-63(44-51)58-25-12-16-30-67(58)74-69/h1-44H. The highest BCUT2D eigenvalue weighted by Crippen LogP contribution is 2.48. The van der Waals surface area contributed by atoms with Gasteiger partial charge in [-0.05, 0) is 139 Å². The van der Waals surface area contributed by atoms with E-state index in [1.807, 2.05) is 24.3 Å². The average molecular weight is 945 g/mol. The Kier molecular flexibility index (Phi) is 9.54. The molecule has 2 aromatic heterocycles. The molecule has 0 aliphatic carbocycles. The van der Waals surface area contributed by atoms with Gasteiger partial charge in [0.05, 0.1) is 11.4 Å². The average Bonchev–Trinajstić information content (AvgIpc) is 4.06. The third-order valence-corrected chi connectivity index (χ3v) is 15.0. The van der Waals surface area contributed by atoms with Crippen molar-refractivity contribution in [2.75, 3.05) is 9.80 Å². The Morgan fingerprint density at radius 1 is 0.230 bits per heavy atom. The number of furan rings is 2. The summed E-state index contributed by atoms with van der Waals surface area (Å²) in [6, 6.07) is 96.2. The van der Waals surface area contributed by atoms with Gasteiger partial charge in [0.1, 0.15) is 22.3 Å². The van der Waals surface area contributed by atoms with E-state index < -0.39 is 0 Å². The smallest absolute Gasteiger partial charge is 0.135 e. The van der Waals surface area contributed by atoms with Crippen LogP contribution in [0.3, 0.4) is 0 Å². The van der Waals surface area contributed by atoms with Gasteiger partial charge < -0.3 is 18.6 Å². The van der Waals surface area contributed by atoms with E-state index in [1.54, 1.807) is 0 Å². The molecule has 0 saturated carbocycles. The zero-order chi connectivity index (χ0) is 48.7. The van der Waals surface area contributed by atoms with Gasteiger partial charge in [0, 0.05) is 55.4 Å². The second-order valence-corrected chi connectivity index (χ2v) is 19.2. The fourth-order valence-electron chi connectivity index (χ4n) is 11.7. The molecular formula is C70H44N2O2. The molecule has 0 spiro atoms. The molecule has 0 aliphatic heterocycles. The van der Waals surface area contributed by atoms with Crippen molar-refractivity contribution in [3.8, 4) is 22.3 Å². The first-order valence-corrected chi connectivity index (χ1v) is 25.2. The Balaban J connectivity index is 0.926. The van der Waals surface area contributed by atoms with E-state index in [1.165, 1.54) is 43.1 Å². The van der Waals surface area contributed by atoms with Crippen LogP contribution in [-0.4, -0.2) is 0 Å². The molecule has 0 bridgehead atoms. The van der Waals surface area contributed by atoms with E-state index in [4.69, 9.17) is 8.83 Å². The number of para-hydroxylation sites is 4. The minimum Gasteiger partial charge on any atom is -0.456 e. The van der Waals surface area contributed by atoms with Crippen molar-refractivity contribution in [2.45, 2.75) is 0 Å². The molecule has 0 fully saturated rings. The molecule has 4 nitrogen and oxygen atoms in total. The SMILES string of the molecule is c1ccc(-c2ccccc2N(c2ccc3c(ccc4c5ccc(N(c6ccc7oc8ccccc8c7c6)c6ccccc6-c6ccccc6)cc5c5ccccc5c34)c2)c2ccc3oc4ccccc4c3c2)cc1. The van der Waals surface area contributed by atoms with Gasteiger partial charge in [-0.3, -0.25) is 0 Å². The van der Waals surface area contributed by atoms with E-state index in [-0.39, 0.29) is 0 Å². The lowest BCUT2D eigenvalue weighted by Gasteiger charge is -2.29. The van der Waals surface area contributed by atoms with Crippen LogP contribution in [0.2, 0.25) is 0 Å². The maximum absolute atomic E-state index is 6.35. The molecule has 2 heterocycles. The number of hydrogen-bond donors (Lipinski definition) is 0. The zero-order valence-corrected chi connectivity index (χ0v) is 40.1. The Labute approximate surface area is 426 Å². The topological polar surface area (TPSA) is 32.8 Å². The van der Waals surface area contributed by atoms with Crippen molar-refractivity contribution in [1.82, 2.24) is 0 Å². The molecule has 346 valence electrons. The van der Waals surface area contributed by atoms with Crippen LogP contribution in [0.15, 0.2) is 276 Å². The van der Waals surface area contributed by atoms with Crippen molar-refractivity contribution >= 4 is 121 Å². The van der Waals surface area contributed by atoms with Crippen LogP contribution >= 0.6 is 0 Å². The largest absolute Gasteiger partial charge is 0.456 e. The zero-order valence-electron chi connectivity index (χ0n) is 40.1. The van der Waals surface area contributed by atoms with Crippen LogP contribution in [0, 0.1) is 0 Å². The van der Waals surface area contributed by atoms with E-state index in [9.17, 15) is 0 Å². The lowest BCUT2D eigenvalue weighted by molar-refractivity contribution is 0.668. The normalized spacial score (nSPS) is 11.8. The van der Waals surface area contributed by atoms with Gasteiger partial charge >= 0.3 is 0 Å². The van der Waals surface area contributed by atoms with Gasteiger partial charge in [-0.15, -0.1) is 0 Å². The number of fused-ring (bicyclic) bond motifs is 14. The number of anilines is 6. The lowest BCUT2D eigenvalue weighted by Crippen LogP contribution is -2.11. The maximum atomic E-state index is 6.35. The van der Waals surface area contributed by atoms with Gasteiger partial charge in [0.15, 0.2) is 0 Å².